The van der Waals surface area contributed by atoms with E-state index >= 15 is 0 Å². The summed E-state index contributed by atoms with van der Waals surface area (Å²) < 4.78 is 27.1. The standard InChI is InChI=1S/C14H12N2O3S2/c17-14-6-3-10-8-12(4-5-13(10)16-14)21(18,19)15-9-11-2-1-7-20-11/h1-8,15H,9H2,(H,16,17). The summed E-state index contributed by atoms with van der Waals surface area (Å²) in [5.74, 6) is 0. The van der Waals surface area contributed by atoms with Crippen molar-refractivity contribution in [2.75, 3.05) is 0 Å². The zero-order valence-electron chi connectivity index (χ0n) is 10.9. The number of aromatic nitrogens is 1. The fourth-order valence-corrected chi connectivity index (χ4v) is 3.74. The van der Waals surface area contributed by atoms with Crippen molar-refractivity contribution in [3.8, 4) is 0 Å². The van der Waals surface area contributed by atoms with Crippen LogP contribution in [0.4, 0.5) is 0 Å². The highest BCUT2D eigenvalue weighted by Crippen LogP contribution is 2.17. The summed E-state index contributed by atoms with van der Waals surface area (Å²) in [6.07, 6.45) is 0. The van der Waals surface area contributed by atoms with E-state index in [1.54, 1.807) is 18.2 Å². The predicted molar refractivity (Wildman–Crippen MR) is 82.9 cm³/mol. The minimum atomic E-state index is -3.57. The molecule has 0 radical (unpaired) electrons. The molecule has 0 bridgehead atoms. The summed E-state index contributed by atoms with van der Waals surface area (Å²) in [4.78, 5) is 15.0. The zero-order chi connectivity index (χ0) is 14.9. The molecule has 108 valence electrons. The van der Waals surface area contributed by atoms with Gasteiger partial charge >= 0.3 is 0 Å². The van der Waals surface area contributed by atoms with Gasteiger partial charge in [-0.05, 0) is 41.1 Å². The van der Waals surface area contributed by atoms with Gasteiger partial charge in [-0.25, -0.2) is 13.1 Å². The number of nitrogens with one attached hydrogen (secondary N) is 2. The van der Waals surface area contributed by atoms with Crippen LogP contribution in [0, 0.1) is 0 Å². The second-order valence-electron chi connectivity index (χ2n) is 4.48. The largest absolute Gasteiger partial charge is 0.322 e. The Kier molecular flexibility index (Phi) is 3.62. The molecule has 3 aromatic rings. The number of fused-ring (bicyclic) bond motifs is 1. The van der Waals surface area contributed by atoms with E-state index in [1.807, 2.05) is 17.5 Å². The SMILES string of the molecule is O=c1ccc2cc(S(=O)(=O)NCc3cccs3)ccc2[nH]1. The summed E-state index contributed by atoms with van der Waals surface area (Å²) in [7, 11) is -3.57. The molecule has 2 heterocycles. The molecule has 0 fully saturated rings. The Labute approximate surface area is 125 Å². The molecule has 0 spiro atoms. The van der Waals surface area contributed by atoms with Crippen molar-refractivity contribution in [2.45, 2.75) is 11.4 Å². The summed E-state index contributed by atoms with van der Waals surface area (Å²) in [6, 6.07) is 11.3. The molecule has 21 heavy (non-hydrogen) atoms. The maximum Gasteiger partial charge on any atom is 0.248 e. The molecular formula is C14H12N2O3S2. The van der Waals surface area contributed by atoms with Crippen molar-refractivity contribution < 1.29 is 8.42 Å². The topological polar surface area (TPSA) is 79.0 Å². The average molecular weight is 320 g/mol. The van der Waals surface area contributed by atoms with Crippen molar-refractivity contribution in [2.24, 2.45) is 0 Å². The van der Waals surface area contributed by atoms with E-state index < -0.39 is 10.0 Å². The molecule has 0 aliphatic heterocycles. The Hall–Kier alpha value is -1.96. The molecule has 7 heteroatoms. The summed E-state index contributed by atoms with van der Waals surface area (Å²) in [5.41, 5.74) is 0.397. The van der Waals surface area contributed by atoms with Crippen molar-refractivity contribution in [1.82, 2.24) is 9.71 Å². The summed E-state index contributed by atoms with van der Waals surface area (Å²) in [5, 5.41) is 2.57. The van der Waals surface area contributed by atoms with Gasteiger partial charge in [0.2, 0.25) is 15.6 Å². The van der Waals surface area contributed by atoms with Crippen LogP contribution >= 0.6 is 11.3 Å². The van der Waals surface area contributed by atoms with Crippen molar-refractivity contribution >= 4 is 32.3 Å². The van der Waals surface area contributed by atoms with Crippen molar-refractivity contribution in [1.29, 1.82) is 0 Å². The highest BCUT2D eigenvalue weighted by atomic mass is 32.2. The lowest BCUT2D eigenvalue weighted by atomic mass is 10.2. The van der Waals surface area contributed by atoms with Gasteiger partial charge in [0.05, 0.1) is 4.90 Å². The first-order valence-corrected chi connectivity index (χ1v) is 8.56. The summed E-state index contributed by atoms with van der Waals surface area (Å²) in [6.45, 7) is 0.268. The molecule has 5 nitrogen and oxygen atoms in total. The fraction of sp³-hybridized carbons (Fsp3) is 0.0714. The van der Waals surface area contributed by atoms with Crippen LogP contribution < -0.4 is 10.3 Å². The van der Waals surface area contributed by atoms with Gasteiger partial charge < -0.3 is 4.98 Å². The highest BCUT2D eigenvalue weighted by Gasteiger charge is 2.14. The van der Waals surface area contributed by atoms with Crippen LogP contribution in [0.5, 0.6) is 0 Å². The third-order valence-electron chi connectivity index (χ3n) is 3.02. The van der Waals surface area contributed by atoms with Gasteiger partial charge in [-0.15, -0.1) is 11.3 Å². The molecule has 0 saturated heterocycles. The monoisotopic (exact) mass is 320 g/mol. The molecule has 2 aromatic heterocycles. The predicted octanol–water partition coefficient (Wildman–Crippen LogP) is 2.07. The normalized spacial score (nSPS) is 11.8. The van der Waals surface area contributed by atoms with E-state index in [0.717, 1.165) is 4.88 Å². The highest BCUT2D eigenvalue weighted by molar-refractivity contribution is 7.89. The first-order valence-electron chi connectivity index (χ1n) is 6.20. The number of thiophene rings is 1. The smallest absolute Gasteiger partial charge is 0.248 e. The number of benzene rings is 1. The fourth-order valence-electron chi connectivity index (χ4n) is 1.96. The minimum Gasteiger partial charge on any atom is -0.322 e. The Bertz CT molecular complexity index is 928. The number of hydrogen-bond donors (Lipinski definition) is 2. The number of H-pyrrole nitrogens is 1. The Morgan fingerprint density at radius 2 is 2.00 bits per heavy atom. The molecule has 0 atom stereocenters. The number of sulfonamides is 1. The van der Waals surface area contributed by atoms with Crippen molar-refractivity contribution in [3.63, 3.8) is 0 Å². The number of hydrogen-bond acceptors (Lipinski definition) is 4. The zero-order valence-corrected chi connectivity index (χ0v) is 12.5. The Morgan fingerprint density at radius 3 is 2.76 bits per heavy atom. The van der Waals surface area contributed by atoms with Gasteiger partial charge in [0.15, 0.2) is 0 Å². The molecule has 2 N–H and O–H groups in total. The molecule has 3 rings (SSSR count). The van der Waals surface area contributed by atoms with Crippen LogP contribution in [0.1, 0.15) is 4.88 Å². The van der Waals surface area contributed by atoms with Crippen LogP contribution in [0.3, 0.4) is 0 Å². The van der Waals surface area contributed by atoms with E-state index in [1.165, 1.54) is 23.5 Å². The molecular weight excluding hydrogens is 308 g/mol. The van der Waals surface area contributed by atoms with Crippen LogP contribution in [0.15, 0.2) is 57.5 Å². The minimum absolute atomic E-state index is 0.179. The van der Waals surface area contributed by atoms with E-state index in [-0.39, 0.29) is 17.0 Å². The Morgan fingerprint density at radius 1 is 1.14 bits per heavy atom. The number of rotatable bonds is 4. The van der Waals surface area contributed by atoms with Crippen LogP contribution in [-0.4, -0.2) is 13.4 Å². The lowest BCUT2D eigenvalue weighted by molar-refractivity contribution is 0.582. The van der Waals surface area contributed by atoms with Crippen LogP contribution in [-0.2, 0) is 16.6 Å². The molecule has 0 saturated carbocycles. The van der Waals surface area contributed by atoms with Gasteiger partial charge in [0.1, 0.15) is 0 Å². The number of pyridine rings is 1. The van der Waals surface area contributed by atoms with Gasteiger partial charge in [0.25, 0.3) is 0 Å². The third-order valence-corrected chi connectivity index (χ3v) is 5.30. The van der Waals surface area contributed by atoms with Gasteiger partial charge in [-0.3, -0.25) is 4.79 Å². The van der Waals surface area contributed by atoms with E-state index in [2.05, 4.69) is 9.71 Å². The van der Waals surface area contributed by atoms with E-state index in [9.17, 15) is 13.2 Å². The molecule has 0 aliphatic carbocycles. The van der Waals surface area contributed by atoms with E-state index in [4.69, 9.17) is 0 Å². The number of aromatic amines is 1. The van der Waals surface area contributed by atoms with Gasteiger partial charge in [-0.2, -0.15) is 0 Å². The summed E-state index contributed by atoms with van der Waals surface area (Å²) >= 11 is 1.50. The van der Waals surface area contributed by atoms with Crippen LogP contribution in [0.25, 0.3) is 10.9 Å². The molecule has 1 aromatic carbocycles. The van der Waals surface area contributed by atoms with Crippen molar-refractivity contribution in [3.05, 3.63) is 63.1 Å². The molecule has 0 amide bonds. The lowest BCUT2D eigenvalue weighted by Gasteiger charge is -2.07. The second kappa shape index (κ2) is 5.44. The Balaban J connectivity index is 1.91. The quantitative estimate of drug-likeness (QED) is 0.772. The van der Waals surface area contributed by atoms with Crippen LogP contribution in [0.2, 0.25) is 0 Å². The molecule has 0 aliphatic rings. The van der Waals surface area contributed by atoms with Gasteiger partial charge in [0, 0.05) is 23.0 Å². The maximum atomic E-state index is 12.3. The first-order chi connectivity index (χ1) is 10.0. The maximum absolute atomic E-state index is 12.3. The first kappa shape index (κ1) is 14.0. The lowest BCUT2D eigenvalue weighted by Crippen LogP contribution is -2.22. The van der Waals surface area contributed by atoms with Gasteiger partial charge in [-0.1, -0.05) is 6.07 Å². The molecule has 0 unspecified atom stereocenters. The van der Waals surface area contributed by atoms with E-state index in [0.29, 0.717) is 10.9 Å². The second-order valence-corrected chi connectivity index (χ2v) is 7.27. The third kappa shape index (κ3) is 3.05. The average Bonchev–Trinajstić information content (AvgIpc) is 2.98.